The molecule has 0 saturated heterocycles. The number of benzene rings is 2. The minimum absolute atomic E-state index is 0.0192. The third-order valence-electron chi connectivity index (χ3n) is 7.24. The van der Waals surface area contributed by atoms with Gasteiger partial charge >= 0.3 is 12.1 Å². The Morgan fingerprint density at radius 1 is 1.03 bits per heavy atom. The first-order chi connectivity index (χ1) is 16.9. The third kappa shape index (κ3) is 5.03. The topological polar surface area (TPSA) is 114 Å². The van der Waals surface area contributed by atoms with Crippen LogP contribution in [0.1, 0.15) is 49.7 Å². The zero-order valence-corrected chi connectivity index (χ0v) is 20.1. The van der Waals surface area contributed by atoms with Crippen molar-refractivity contribution in [3.05, 3.63) is 59.7 Å². The van der Waals surface area contributed by atoms with Crippen molar-refractivity contribution in [3.63, 3.8) is 0 Å². The quantitative estimate of drug-likeness (QED) is 0.504. The van der Waals surface area contributed by atoms with Gasteiger partial charge in [-0.1, -0.05) is 55.5 Å². The lowest BCUT2D eigenvalue weighted by Gasteiger charge is -2.29. The summed E-state index contributed by atoms with van der Waals surface area (Å²) in [5.74, 6) is -1.85. The Morgan fingerprint density at radius 2 is 1.66 bits per heavy atom. The van der Waals surface area contributed by atoms with Gasteiger partial charge < -0.3 is 25.2 Å². The molecule has 1 saturated carbocycles. The molecular formula is C27H32N2O6. The lowest BCUT2D eigenvalue weighted by Crippen LogP contribution is -2.58. The van der Waals surface area contributed by atoms with E-state index in [1.54, 1.807) is 6.92 Å². The molecule has 0 heterocycles. The van der Waals surface area contributed by atoms with E-state index in [2.05, 4.69) is 34.9 Å². The van der Waals surface area contributed by atoms with Crippen molar-refractivity contribution in [2.24, 2.45) is 5.92 Å². The highest BCUT2D eigenvalue weighted by Gasteiger charge is 2.41. The number of hydrogen-bond acceptors (Lipinski definition) is 5. The average molecular weight is 481 g/mol. The van der Waals surface area contributed by atoms with Gasteiger partial charge in [-0.05, 0) is 47.9 Å². The summed E-state index contributed by atoms with van der Waals surface area (Å²) in [7, 11) is 1.41. The number of carbonyl (C=O) groups excluding carboxylic acids is 2. The van der Waals surface area contributed by atoms with Gasteiger partial charge in [0.25, 0.3) is 0 Å². The van der Waals surface area contributed by atoms with Gasteiger partial charge in [0.15, 0.2) is 5.54 Å². The zero-order chi connectivity index (χ0) is 25.0. The summed E-state index contributed by atoms with van der Waals surface area (Å²) in [6, 6.07) is 16.1. The molecule has 1 unspecified atom stereocenters. The van der Waals surface area contributed by atoms with Crippen LogP contribution in [0.2, 0.25) is 0 Å². The summed E-state index contributed by atoms with van der Waals surface area (Å²) >= 11 is 0. The summed E-state index contributed by atoms with van der Waals surface area (Å²) in [5, 5.41) is 15.2. The molecule has 0 spiro atoms. The zero-order valence-electron chi connectivity index (χ0n) is 20.1. The summed E-state index contributed by atoms with van der Waals surface area (Å²) in [6.07, 6.45) is 1.31. The number of nitrogens with one attached hydrogen (secondary N) is 2. The smallest absolute Gasteiger partial charge is 0.407 e. The standard InChI is InChI=1S/C27H32N2O6/c1-3-27(16-34-2,25(31)32)29-24(30)17-12-13-18(14-17)28-26(33)35-15-23-21-10-6-4-8-19(21)20-9-5-7-11-22(20)23/h4-11,17-18,23H,3,12-16H2,1-2H3,(H,28,33)(H,29,30)(H,31,32)/t17-,18+,27?/m0/s1. The Balaban J connectivity index is 1.31. The highest BCUT2D eigenvalue weighted by atomic mass is 16.5. The highest BCUT2D eigenvalue weighted by molar-refractivity contribution is 5.88. The van der Waals surface area contributed by atoms with Crippen molar-refractivity contribution in [2.75, 3.05) is 20.3 Å². The number of alkyl carbamates (subject to hydrolysis) is 1. The fraction of sp³-hybridized carbons (Fsp3) is 0.444. The minimum Gasteiger partial charge on any atom is -0.479 e. The molecule has 186 valence electrons. The van der Waals surface area contributed by atoms with E-state index >= 15 is 0 Å². The van der Waals surface area contributed by atoms with E-state index in [1.807, 2.05) is 24.3 Å². The van der Waals surface area contributed by atoms with Crippen LogP contribution in [-0.2, 0) is 19.1 Å². The lowest BCUT2D eigenvalue weighted by atomic mass is 9.95. The van der Waals surface area contributed by atoms with E-state index in [0.717, 1.165) is 11.1 Å². The molecule has 35 heavy (non-hydrogen) atoms. The molecule has 2 aromatic rings. The Labute approximate surface area is 205 Å². The number of fused-ring (bicyclic) bond motifs is 3. The summed E-state index contributed by atoms with van der Waals surface area (Å²) < 4.78 is 10.7. The molecule has 2 aliphatic rings. The summed E-state index contributed by atoms with van der Waals surface area (Å²) in [6.45, 7) is 1.81. The second-order valence-corrected chi connectivity index (χ2v) is 9.34. The molecule has 2 aromatic carbocycles. The second kappa shape index (κ2) is 10.5. The summed E-state index contributed by atoms with van der Waals surface area (Å²) in [5.41, 5.74) is 3.17. The molecule has 8 nitrogen and oxygen atoms in total. The molecule has 2 amide bonds. The van der Waals surface area contributed by atoms with Gasteiger partial charge in [-0.25, -0.2) is 9.59 Å². The van der Waals surface area contributed by atoms with Crippen molar-refractivity contribution in [3.8, 4) is 11.1 Å². The van der Waals surface area contributed by atoms with E-state index in [9.17, 15) is 19.5 Å². The molecule has 4 rings (SSSR count). The SMILES string of the molecule is CCC(COC)(NC(=O)[C@H]1CC[C@@H](NC(=O)OCC2c3ccccc3-c3ccccc32)C1)C(=O)O. The number of carboxylic acids is 1. The Hall–Kier alpha value is -3.39. The van der Waals surface area contributed by atoms with E-state index in [1.165, 1.54) is 18.2 Å². The van der Waals surface area contributed by atoms with E-state index < -0.39 is 17.6 Å². The van der Waals surface area contributed by atoms with Gasteiger partial charge in [0, 0.05) is 25.0 Å². The molecule has 0 aromatic heterocycles. The number of amides is 2. The van der Waals surface area contributed by atoms with Gasteiger partial charge in [-0.2, -0.15) is 0 Å². The normalized spacial score (nSPS) is 20.4. The molecule has 1 fully saturated rings. The first-order valence-corrected chi connectivity index (χ1v) is 12.0. The van der Waals surface area contributed by atoms with Gasteiger partial charge in [0.2, 0.25) is 5.91 Å². The number of carboxylic acid groups (broad SMARTS) is 1. The van der Waals surface area contributed by atoms with E-state index in [0.29, 0.717) is 19.3 Å². The molecule has 8 heteroatoms. The van der Waals surface area contributed by atoms with Gasteiger partial charge in [0.1, 0.15) is 6.61 Å². The first kappa shape index (κ1) is 24.7. The van der Waals surface area contributed by atoms with Crippen LogP contribution >= 0.6 is 0 Å². The summed E-state index contributed by atoms with van der Waals surface area (Å²) in [4.78, 5) is 37.1. The van der Waals surface area contributed by atoms with Gasteiger partial charge in [0.05, 0.1) is 6.61 Å². The van der Waals surface area contributed by atoms with Crippen LogP contribution in [0.5, 0.6) is 0 Å². The van der Waals surface area contributed by atoms with Crippen LogP contribution < -0.4 is 10.6 Å². The molecule has 0 bridgehead atoms. The first-order valence-electron chi connectivity index (χ1n) is 12.0. The van der Waals surface area contributed by atoms with Crippen molar-refractivity contribution in [1.29, 1.82) is 0 Å². The predicted molar refractivity (Wildman–Crippen MR) is 130 cm³/mol. The number of methoxy groups -OCH3 is 1. The van der Waals surface area contributed by atoms with Gasteiger partial charge in [-0.15, -0.1) is 0 Å². The monoisotopic (exact) mass is 480 g/mol. The van der Waals surface area contributed by atoms with Gasteiger partial charge in [-0.3, -0.25) is 4.79 Å². The third-order valence-corrected chi connectivity index (χ3v) is 7.24. The molecule has 3 atom stereocenters. The molecule has 0 radical (unpaired) electrons. The number of hydrogen-bond donors (Lipinski definition) is 3. The second-order valence-electron chi connectivity index (χ2n) is 9.34. The Kier molecular flexibility index (Phi) is 7.40. The maximum atomic E-state index is 12.8. The van der Waals surface area contributed by atoms with E-state index in [4.69, 9.17) is 9.47 Å². The van der Waals surface area contributed by atoms with Crippen molar-refractivity contribution < 1.29 is 29.0 Å². The van der Waals surface area contributed by atoms with E-state index in [-0.39, 0.29) is 43.4 Å². The molecule has 2 aliphatic carbocycles. The Bertz CT molecular complexity index is 1060. The van der Waals surface area contributed by atoms with Crippen LogP contribution in [-0.4, -0.2) is 55.0 Å². The minimum atomic E-state index is -1.45. The predicted octanol–water partition coefficient (Wildman–Crippen LogP) is 3.69. The largest absolute Gasteiger partial charge is 0.479 e. The lowest BCUT2D eigenvalue weighted by molar-refractivity contribution is -0.151. The van der Waals surface area contributed by atoms with Crippen molar-refractivity contribution in [1.82, 2.24) is 10.6 Å². The molecular weight excluding hydrogens is 448 g/mol. The molecule has 3 N–H and O–H groups in total. The van der Waals surface area contributed by atoms with Crippen molar-refractivity contribution in [2.45, 2.75) is 50.1 Å². The number of aliphatic carboxylic acids is 1. The van der Waals surface area contributed by atoms with Crippen LogP contribution in [0, 0.1) is 5.92 Å². The Morgan fingerprint density at radius 3 is 2.23 bits per heavy atom. The maximum absolute atomic E-state index is 12.8. The number of carbonyl (C=O) groups is 3. The number of rotatable bonds is 9. The van der Waals surface area contributed by atoms with Crippen LogP contribution in [0.3, 0.4) is 0 Å². The number of ether oxygens (including phenoxy) is 2. The van der Waals surface area contributed by atoms with Crippen LogP contribution in [0.4, 0.5) is 4.79 Å². The van der Waals surface area contributed by atoms with Crippen LogP contribution in [0.15, 0.2) is 48.5 Å². The fourth-order valence-electron chi connectivity index (χ4n) is 5.23. The highest BCUT2D eigenvalue weighted by Crippen LogP contribution is 2.44. The fourth-order valence-corrected chi connectivity index (χ4v) is 5.23. The molecule has 0 aliphatic heterocycles. The van der Waals surface area contributed by atoms with Crippen molar-refractivity contribution >= 4 is 18.0 Å². The van der Waals surface area contributed by atoms with Crippen LogP contribution in [0.25, 0.3) is 11.1 Å². The maximum Gasteiger partial charge on any atom is 0.407 e. The average Bonchev–Trinajstić information content (AvgIpc) is 3.45.